The van der Waals surface area contributed by atoms with Crippen molar-refractivity contribution in [3.05, 3.63) is 30.3 Å². The second-order valence-electron chi connectivity index (χ2n) is 4.98. The number of hydrogen-bond acceptors (Lipinski definition) is 2. The molecule has 0 heterocycles. The van der Waals surface area contributed by atoms with Crippen LogP contribution in [0.3, 0.4) is 0 Å². The first kappa shape index (κ1) is 12.1. The van der Waals surface area contributed by atoms with Gasteiger partial charge in [-0.15, -0.1) is 0 Å². The van der Waals surface area contributed by atoms with Crippen LogP contribution in [-0.4, -0.2) is 18.5 Å². The standard InChI is InChI=1S/C14H20N2O/c1-10(2)16(12-6-4-3-5-7-12)14(17)13-8-11(13)9-15/h3-7,10-11,13H,8-9,15H2,1-2H3. The molecule has 1 saturated carbocycles. The SMILES string of the molecule is CC(C)N(C(=O)C1CC1CN)c1ccccc1. The van der Waals surface area contributed by atoms with Crippen LogP contribution in [0.15, 0.2) is 30.3 Å². The summed E-state index contributed by atoms with van der Waals surface area (Å²) in [5, 5.41) is 0. The lowest BCUT2D eigenvalue weighted by molar-refractivity contribution is -0.120. The van der Waals surface area contributed by atoms with Crippen molar-refractivity contribution in [3.63, 3.8) is 0 Å². The maximum absolute atomic E-state index is 12.4. The van der Waals surface area contributed by atoms with Crippen molar-refractivity contribution in [1.82, 2.24) is 0 Å². The minimum absolute atomic E-state index is 0.141. The van der Waals surface area contributed by atoms with Gasteiger partial charge in [0.05, 0.1) is 0 Å². The van der Waals surface area contributed by atoms with E-state index in [1.165, 1.54) is 0 Å². The van der Waals surface area contributed by atoms with E-state index in [0.717, 1.165) is 12.1 Å². The van der Waals surface area contributed by atoms with Gasteiger partial charge in [-0.05, 0) is 44.9 Å². The Morgan fingerprint density at radius 1 is 1.41 bits per heavy atom. The molecule has 3 heteroatoms. The minimum Gasteiger partial charge on any atom is -0.330 e. The smallest absolute Gasteiger partial charge is 0.230 e. The summed E-state index contributed by atoms with van der Waals surface area (Å²) < 4.78 is 0. The van der Waals surface area contributed by atoms with E-state index in [2.05, 4.69) is 0 Å². The molecule has 3 nitrogen and oxygen atoms in total. The van der Waals surface area contributed by atoms with Crippen LogP contribution in [0.25, 0.3) is 0 Å². The number of nitrogens with zero attached hydrogens (tertiary/aromatic N) is 1. The van der Waals surface area contributed by atoms with Crippen LogP contribution in [0.4, 0.5) is 5.69 Å². The Morgan fingerprint density at radius 2 is 2.06 bits per heavy atom. The van der Waals surface area contributed by atoms with Crippen molar-refractivity contribution in [3.8, 4) is 0 Å². The Kier molecular flexibility index (Phi) is 3.48. The molecule has 0 aliphatic heterocycles. The number of hydrogen-bond donors (Lipinski definition) is 1. The lowest BCUT2D eigenvalue weighted by atomic mass is 10.2. The Bertz CT molecular complexity index is 388. The van der Waals surface area contributed by atoms with Gasteiger partial charge in [0, 0.05) is 17.6 Å². The van der Waals surface area contributed by atoms with Crippen LogP contribution in [0, 0.1) is 11.8 Å². The lowest BCUT2D eigenvalue weighted by Gasteiger charge is -2.27. The fourth-order valence-electron chi connectivity index (χ4n) is 2.26. The quantitative estimate of drug-likeness (QED) is 0.863. The van der Waals surface area contributed by atoms with Gasteiger partial charge in [-0.3, -0.25) is 4.79 Å². The van der Waals surface area contributed by atoms with E-state index in [9.17, 15) is 4.79 Å². The molecule has 2 rings (SSSR count). The van der Waals surface area contributed by atoms with E-state index >= 15 is 0 Å². The highest BCUT2D eigenvalue weighted by Gasteiger charge is 2.44. The average molecular weight is 232 g/mol. The van der Waals surface area contributed by atoms with E-state index in [0.29, 0.717) is 12.5 Å². The van der Waals surface area contributed by atoms with E-state index in [4.69, 9.17) is 5.73 Å². The van der Waals surface area contributed by atoms with Crippen molar-refractivity contribution in [2.24, 2.45) is 17.6 Å². The number of carbonyl (C=O) groups is 1. The molecule has 1 aromatic rings. The number of benzene rings is 1. The summed E-state index contributed by atoms with van der Waals surface area (Å²) >= 11 is 0. The van der Waals surface area contributed by atoms with Gasteiger partial charge in [0.15, 0.2) is 0 Å². The number of para-hydroxylation sites is 1. The van der Waals surface area contributed by atoms with Crippen molar-refractivity contribution < 1.29 is 4.79 Å². The van der Waals surface area contributed by atoms with Crippen LogP contribution < -0.4 is 10.6 Å². The fraction of sp³-hybridized carbons (Fsp3) is 0.500. The zero-order valence-corrected chi connectivity index (χ0v) is 10.5. The summed E-state index contributed by atoms with van der Waals surface area (Å²) in [6.45, 7) is 4.71. The largest absolute Gasteiger partial charge is 0.330 e. The number of carbonyl (C=O) groups excluding carboxylic acids is 1. The Morgan fingerprint density at radius 3 is 2.53 bits per heavy atom. The van der Waals surface area contributed by atoms with Gasteiger partial charge in [-0.25, -0.2) is 0 Å². The summed E-state index contributed by atoms with van der Waals surface area (Å²) in [5.41, 5.74) is 6.59. The third-order valence-electron chi connectivity index (χ3n) is 3.33. The average Bonchev–Trinajstić information content (AvgIpc) is 3.09. The summed E-state index contributed by atoms with van der Waals surface area (Å²) in [5.74, 6) is 0.761. The molecule has 0 saturated heterocycles. The predicted molar refractivity (Wildman–Crippen MR) is 69.7 cm³/mol. The first-order valence-electron chi connectivity index (χ1n) is 6.23. The monoisotopic (exact) mass is 232 g/mol. The number of rotatable bonds is 4. The third-order valence-corrected chi connectivity index (χ3v) is 3.33. The van der Waals surface area contributed by atoms with Crippen molar-refractivity contribution >= 4 is 11.6 Å². The zero-order valence-electron chi connectivity index (χ0n) is 10.5. The number of amides is 1. The van der Waals surface area contributed by atoms with E-state index < -0.39 is 0 Å². The molecule has 1 aromatic carbocycles. The summed E-state index contributed by atoms with van der Waals surface area (Å²) in [4.78, 5) is 14.3. The van der Waals surface area contributed by atoms with E-state index in [-0.39, 0.29) is 17.9 Å². The summed E-state index contributed by atoms with van der Waals surface area (Å²) in [7, 11) is 0. The van der Waals surface area contributed by atoms with Gasteiger partial charge in [0.1, 0.15) is 0 Å². The normalized spacial score (nSPS) is 22.6. The molecule has 92 valence electrons. The number of anilines is 1. The van der Waals surface area contributed by atoms with Crippen molar-refractivity contribution in [2.75, 3.05) is 11.4 Å². The van der Waals surface area contributed by atoms with E-state index in [1.54, 1.807) is 0 Å². The van der Waals surface area contributed by atoms with Crippen LogP contribution in [0.1, 0.15) is 20.3 Å². The maximum Gasteiger partial charge on any atom is 0.230 e. The van der Waals surface area contributed by atoms with Crippen molar-refractivity contribution in [2.45, 2.75) is 26.3 Å². The molecule has 1 aliphatic carbocycles. The Labute approximate surface area is 103 Å². The van der Waals surface area contributed by atoms with Crippen LogP contribution in [0.2, 0.25) is 0 Å². The van der Waals surface area contributed by atoms with Gasteiger partial charge >= 0.3 is 0 Å². The molecule has 0 aromatic heterocycles. The zero-order chi connectivity index (χ0) is 12.4. The third kappa shape index (κ3) is 2.50. The molecule has 1 amide bonds. The maximum atomic E-state index is 12.4. The molecule has 2 atom stereocenters. The molecule has 0 radical (unpaired) electrons. The fourth-order valence-corrected chi connectivity index (χ4v) is 2.26. The van der Waals surface area contributed by atoms with Gasteiger partial charge in [0.25, 0.3) is 0 Å². The van der Waals surface area contributed by atoms with Crippen LogP contribution >= 0.6 is 0 Å². The lowest BCUT2D eigenvalue weighted by Crippen LogP contribution is -2.38. The molecule has 1 aliphatic rings. The molecule has 2 unspecified atom stereocenters. The molecule has 0 bridgehead atoms. The van der Waals surface area contributed by atoms with Gasteiger partial charge in [0.2, 0.25) is 5.91 Å². The predicted octanol–water partition coefficient (Wildman–Crippen LogP) is 2.02. The summed E-state index contributed by atoms with van der Waals surface area (Å²) in [6.07, 6.45) is 0.950. The minimum atomic E-state index is 0.141. The highest BCUT2D eigenvalue weighted by Crippen LogP contribution is 2.40. The van der Waals surface area contributed by atoms with Gasteiger partial charge in [-0.2, -0.15) is 0 Å². The molecular weight excluding hydrogens is 212 g/mol. The second kappa shape index (κ2) is 4.88. The Balaban J connectivity index is 2.16. The molecule has 0 spiro atoms. The van der Waals surface area contributed by atoms with Crippen LogP contribution in [0.5, 0.6) is 0 Å². The van der Waals surface area contributed by atoms with Gasteiger partial charge < -0.3 is 10.6 Å². The molecular formula is C14H20N2O. The van der Waals surface area contributed by atoms with Crippen molar-refractivity contribution in [1.29, 1.82) is 0 Å². The molecule has 2 N–H and O–H groups in total. The first-order valence-corrected chi connectivity index (χ1v) is 6.23. The Hall–Kier alpha value is -1.35. The molecule has 1 fully saturated rings. The first-order chi connectivity index (χ1) is 8.15. The summed E-state index contributed by atoms with van der Waals surface area (Å²) in [6, 6.07) is 10.0. The topological polar surface area (TPSA) is 46.3 Å². The van der Waals surface area contributed by atoms with Gasteiger partial charge in [-0.1, -0.05) is 18.2 Å². The second-order valence-corrected chi connectivity index (χ2v) is 4.98. The molecule has 17 heavy (non-hydrogen) atoms. The van der Waals surface area contributed by atoms with E-state index in [1.807, 2.05) is 49.1 Å². The number of nitrogens with two attached hydrogens (primary N) is 1. The highest BCUT2D eigenvalue weighted by atomic mass is 16.2. The highest BCUT2D eigenvalue weighted by molar-refractivity contribution is 5.97. The van der Waals surface area contributed by atoms with Crippen LogP contribution in [-0.2, 0) is 4.79 Å².